The highest BCUT2D eigenvalue weighted by molar-refractivity contribution is 6.20. The maximum Gasteiger partial charge on any atom is 0.0310 e. The van der Waals surface area contributed by atoms with Gasteiger partial charge in [0.2, 0.25) is 0 Å². The minimum absolute atomic E-state index is 0.380. The van der Waals surface area contributed by atoms with Crippen molar-refractivity contribution in [2.75, 3.05) is 0 Å². The highest BCUT2D eigenvalue weighted by Crippen LogP contribution is 2.46. The van der Waals surface area contributed by atoms with Gasteiger partial charge in [-0.25, -0.2) is 0 Å². The fraction of sp³-hybridized carbons (Fsp3) is 1.00. The van der Waals surface area contributed by atoms with Crippen LogP contribution in [0.15, 0.2) is 0 Å². The van der Waals surface area contributed by atoms with Crippen LogP contribution in [-0.2, 0) is 0 Å². The molecule has 0 aromatic rings. The summed E-state index contributed by atoms with van der Waals surface area (Å²) in [6.07, 6.45) is 19.5. The van der Waals surface area contributed by atoms with E-state index in [-0.39, 0.29) is 0 Å². The number of hydrogen-bond donors (Lipinski definition) is 0. The summed E-state index contributed by atoms with van der Waals surface area (Å²) < 4.78 is 0. The van der Waals surface area contributed by atoms with Crippen molar-refractivity contribution in [1.29, 1.82) is 0 Å². The van der Waals surface area contributed by atoms with E-state index in [1.165, 1.54) is 57.8 Å². The zero-order chi connectivity index (χ0) is 16.2. The first kappa shape index (κ1) is 18.1. The molecule has 0 heterocycles. The molecule has 0 nitrogen and oxygen atoms in total. The van der Waals surface area contributed by atoms with Gasteiger partial charge in [-0.1, -0.05) is 32.6 Å². The van der Waals surface area contributed by atoms with Crippen molar-refractivity contribution < 1.29 is 0 Å². The van der Waals surface area contributed by atoms with Gasteiger partial charge in [-0.05, 0) is 100 Å². The maximum atomic E-state index is 6.19. The number of rotatable bonds is 4. The van der Waals surface area contributed by atoms with Crippen molar-refractivity contribution in [3.63, 3.8) is 0 Å². The van der Waals surface area contributed by atoms with Crippen LogP contribution in [0, 0.1) is 35.5 Å². The molecule has 1 unspecified atom stereocenters. The van der Waals surface area contributed by atoms with E-state index in [4.69, 9.17) is 11.6 Å². The Morgan fingerprint density at radius 1 is 0.652 bits per heavy atom. The number of halogens is 1. The minimum atomic E-state index is 0.380. The third kappa shape index (κ3) is 5.13. The molecule has 3 saturated carbocycles. The SMILES string of the molecule is CC(Cl)CC1CCC(C2CCC(C3CCC(C)CC3)CC2)CC1. The zero-order valence-electron chi connectivity index (χ0n) is 15.6. The largest absolute Gasteiger partial charge is 0.123 e. The van der Waals surface area contributed by atoms with E-state index in [0.29, 0.717) is 5.38 Å². The molecular formula is C22H39Cl. The van der Waals surface area contributed by atoms with Gasteiger partial charge in [-0.2, -0.15) is 0 Å². The topological polar surface area (TPSA) is 0 Å². The van der Waals surface area contributed by atoms with Gasteiger partial charge >= 0.3 is 0 Å². The molecule has 134 valence electrons. The van der Waals surface area contributed by atoms with E-state index in [9.17, 15) is 0 Å². The molecule has 0 saturated heterocycles. The summed E-state index contributed by atoms with van der Waals surface area (Å²) in [5, 5.41) is 0.380. The van der Waals surface area contributed by atoms with Crippen molar-refractivity contribution >= 4 is 11.6 Å². The molecule has 0 aliphatic heterocycles. The molecule has 3 aliphatic rings. The summed E-state index contributed by atoms with van der Waals surface area (Å²) in [7, 11) is 0. The Morgan fingerprint density at radius 3 is 1.39 bits per heavy atom. The molecule has 0 N–H and O–H groups in total. The third-order valence-electron chi connectivity index (χ3n) is 7.76. The summed E-state index contributed by atoms with van der Waals surface area (Å²) in [5.41, 5.74) is 0. The third-order valence-corrected chi connectivity index (χ3v) is 7.94. The van der Waals surface area contributed by atoms with Crippen LogP contribution in [0.2, 0.25) is 0 Å². The summed E-state index contributed by atoms with van der Waals surface area (Å²) in [5.74, 6) is 6.25. The molecule has 1 atom stereocenters. The van der Waals surface area contributed by atoms with Gasteiger partial charge in [0.05, 0.1) is 0 Å². The lowest BCUT2D eigenvalue weighted by Gasteiger charge is -2.41. The van der Waals surface area contributed by atoms with E-state index < -0.39 is 0 Å². The average Bonchev–Trinajstić information content (AvgIpc) is 2.56. The molecule has 0 spiro atoms. The lowest BCUT2D eigenvalue weighted by Crippen LogP contribution is -2.29. The summed E-state index contributed by atoms with van der Waals surface area (Å²) >= 11 is 6.19. The van der Waals surface area contributed by atoms with Crippen molar-refractivity contribution in [1.82, 2.24) is 0 Å². The maximum absolute atomic E-state index is 6.19. The van der Waals surface area contributed by atoms with E-state index >= 15 is 0 Å². The number of hydrogen-bond acceptors (Lipinski definition) is 0. The van der Waals surface area contributed by atoms with Gasteiger partial charge in [0.25, 0.3) is 0 Å². The van der Waals surface area contributed by atoms with Crippen LogP contribution in [0.4, 0.5) is 0 Å². The fourth-order valence-electron chi connectivity index (χ4n) is 6.20. The molecule has 3 fully saturated rings. The van der Waals surface area contributed by atoms with Gasteiger partial charge in [-0.3, -0.25) is 0 Å². The van der Waals surface area contributed by atoms with Crippen LogP contribution in [-0.4, -0.2) is 5.38 Å². The Balaban J connectivity index is 1.38. The van der Waals surface area contributed by atoms with E-state index in [2.05, 4.69) is 13.8 Å². The van der Waals surface area contributed by atoms with Crippen LogP contribution in [0.3, 0.4) is 0 Å². The smallest absolute Gasteiger partial charge is 0.0310 e. The minimum Gasteiger partial charge on any atom is -0.123 e. The molecule has 0 amide bonds. The second-order valence-electron chi connectivity index (χ2n) is 9.49. The standard InChI is InChI=1S/C22H39Cl/c1-16-3-7-19(8-4-16)21-11-13-22(14-12-21)20-9-5-18(6-10-20)15-17(2)23/h16-22H,3-15H2,1-2H3. The Labute approximate surface area is 150 Å². The van der Waals surface area contributed by atoms with Crippen LogP contribution in [0.1, 0.15) is 97.3 Å². The average molecular weight is 339 g/mol. The van der Waals surface area contributed by atoms with Gasteiger partial charge < -0.3 is 0 Å². The van der Waals surface area contributed by atoms with Crippen molar-refractivity contribution in [3.8, 4) is 0 Å². The van der Waals surface area contributed by atoms with Crippen molar-refractivity contribution in [2.24, 2.45) is 35.5 Å². The molecular weight excluding hydrogens is 300 g/mol. The first-order valence-corrected chi connectivity index (χ1v) is 11.2. The van der Waals surface area contributed by atoms with Gasteiger partial charge in [0.1, 0.15) is 0 Å². The van der Waals surface area contributed by atoms with Crippen molar-refractivity contribution in [2.45, 2.75) is 103 Å². The predicted molar refractivity (Wildman–Crippen MR) is 102 cm³/mol. The normalized spacial score (nSPS) is 44.0. The second kappa shape index (κ2) is 8.59. The van der Waals surface area contributed by atoms with E-state index in [1.807, 2.05) is 0 Å². The second-order valence-corrected chi connectivity index (χ2v) is 10.2. The Morgan fingerprint density at radius 2 is 1.00 bits per heavy atom. The molecule has 23 heavy (non-hydrogen) atoms. The summed E-state index contributed by atoms with van der Waals surface area (Å²) in [4.78, 5) is 0. The highest BCUT2D eigenvalue weighted by Gasteiger charge is 2.34. The lowest BCUT2D eigenvalue weighted by atomic mass is 9.65. The molecule has 0 aromatic carbocycles. The van der Waals surface area contributed by atoms with Crippen LogP contribution < -0.4 is 0 Å². The Bertz CT molecular complexity index is 326. The Hall–Kier alpha value is 0.290. The summed E-state index contributed by atoms with van der Waals surface area (Å²) in [6.45, 7) is 4.62. The molecule has 1 heteroatoms. The van der Waals surface area contributed by atoms with Crippen LogP contribution >= 0.6 is 11.6 Å². The van der Waals surface area contributed by atoms with E-state index in [0.717, 1.165) is 35.5 Å². The van der Waals surface area contributed by atoms with E-state index in [1.54, 1.807) is 25.7 Å². The van der Waals surface area contributed by atoms with Crippen molar-refractivity contribution in [3.05, 3.63) is 0 Å². The lowest BCUT2D eigenvalue weighted by molar-refractivity contribution is 0.105. The van der Waals surface area contributed by atoms with Gasteiger partial charge in [0.15, 0.2) is 0 Å². The number of alkyl halides is 1. The first-order chi connectivity index (χ1) is 11.1. The first-order valence-electron chi connectivity index (χ1n) is 10.8. The van der Waals surface area contributed by atoms with Crippen LogP contribution in [0.5, 0.6) is 0 Å². The predicted octanol–water partition coefficient (Wildman–Crippen LogP) is 7.44. The van der Waals surface area contributed by atoms with Gasteiger partial charge in [-0.15, -0.1) is 11.6 Å². The molecule has 0 radical (unpaired) electrons. The monoisotopic (exact) mass is 338 g/mol. The molecule has 3 rings (SSSR count). The Kier molecular flexibility index (Phi) is 6.76. The van der Waals surface area contributed by atoms with Gasteiger partial charge in [0, 0.05) is 5.38 Å². The quantitative estimate of drug-likeness (QED) is 0.467. The fourth-order valence-corrected chi connectivity index (χ4v) is 6.45. The molecule has 0 aromatic heterocycles. The zero-order valence-corrected chi connectivity index (χ0v) is 16.4. The molecule has 3 aliphatic carbocycles. The highest BCUT2D eigenvalue weighted by atomic mass is 35.5. The van der Waals surface area contributed by atoms with Crippen LogP contribution in [0.25, 0.3) is 0 Å². The summed E-state index contributed by atoms with van der Waals surface area (Å²) in [6, 6.07) is 0. The molecule has 0 bridgehead atoms.